The Morgan fingerprint density at radius 1 is 1.55 bits per heavy atom. The quantitative estimate of drug-likeness (QED) is 0.727. The predicted octanol–water partition coefficient (Wildman–Crippen LogP) is 1.36. The van der Waals surface area contributed by atoms with E-state index in [0.717, 1.165) is 0 Å². The number of hydrogen-bond acceptors (Lipinski definition) is 2. The summed E-state index contributed by atoms with van der Waals surface area (Å²) in [7, 11) is 0. The molecule has 1 aromatic heterocycles. The van der Waals surface area contributed by atoms with Crippen LogP contribution in [0.1, 0.15) is 10.5 Å². The van der Waals surface area contributed by atoms with E-state index in [1.54, 1.807) is 12.1 Å². The Hall–Kier alpha value is -0.848. The van der Waals surface area contributed by atoms with E-state index in [9.17, 15) is 4.79 Å². The van der Waals surface area contributed by atoms with Crippen molar-refractivity contribution in [2.75, 3.05) is 0 Å². The zero-order valence-corrected chi connectivity index (χ0v) is 7.30. The molecule has 0 spiro atoms. The minimum atomic E-state index is -0.990. The maximum atomic E-state index is 10.1. The Bertz CT molecular complexity index is 213. The maximum absolute atomic E-state index is 10.1. The molecule has 4 heteroatoms. The summed E-state index contributed by atoms with van der Waals surface area (Å²) in [4.78, 5) is 13.7. The third-order valence-corrected chi connectivity index (χ3v) is 0.884. The van der Waals surface area contributed by atoms with Crippen LogP contribution in [0.3, 0.4) is 0 Å². The van der Waals surface area contributed by atoms with Crippen LogP contribution in [-0.2, 0) is 16.3 Å². The standard InChI is InChI=1S/C6H5NO2.CH3.Cr/c8-6(9)5-3-1-2-4-7-5;;/h1-4H,(H,8,9);1H3;. The molecule has 0 saturated heterocycles. The summed E-state index contributed by atoms with van der Waals surface area (Å²) in [6, 6.07) is 4.76. The molecule has 0 fully saturated rings. The Balaban J connectivity index is 0.000000461. The molecule has 0 aliphatic carbocycles. The number of hydrogen-bond donors (Lipinski definition) is 1. The predicted molar refractivity (Wildman–Crippen MR) is 37.1 cm³/mol. The van der Waals surface area contributed by atoms with Gasteiger partial charge in [0.05, 0.1) is 0 Å². The average molecular weight is 190 g/mol. The van der Waals surface area contributed by atoms with Crippen LogP contribution in [-0.4, -0.2) is 16.1 Å². The molecule has 0 aromatic carbocycles. The first-order chi connectivity index (χ1) is 5.30. The van der Waals surface area contributed by atoms with Crippen molar-refractivity contribution in [2.45, 2.75) is 5.79 Å². The second kappa shape index (κ2) is 5.90. The summed E-state index contributed by atoms with van der Waals surface area (Å²) in [6.07, 6.45) is 1.45. The first kappa shape index (κ1) is 10.2. The van der Waals surface area contributed by atoms with E-state index < -0.39 is 5.97 Å². The summed E-state index contributed by atoms with van der Waals surface area (Å²) >= 11 is 2.62. The van der Waals surface area contributed by atoms with Crippen molar-refractivity contribution in [1.29, 1.82) is 0 Å². The number of nitrogens with zero attached hydrogens (tertiary/aromatic N) is 1. The van der Waals surface area contributed by atoms with Crippen LogP contribution in [0, 0.1) is 0 Å². The van der Waals surface area contributed by atoms with Crippen molar-refractivity contribution in [2.24, 2.45) is 0 Å². The van der Waals surface area contributed by atoms with Crippen molar-refractivity contribution in [3.63, 3.8) is 0 Å². The van der Waals surface area contributed by atoms with Gasteiger partial charge in [-0.1, -0.05) is 6.07 Å². The molecule has 1 N–H and O–H groups in total. The second-order valence-electron chi connectivity index (χ2n) is 1.52. The van der Waals surface area contributed by atoms with Gasteiger partial charge in [0.15, 0.2) is 0 Å². The fraction of sp³-hybridized carbons (Fsp3) is 0.143. The van der Waals surface area contributed by atoms with Crippen LogP contribution in [0.25, 0.3) is 0 Å². The van der Waals surface area contributed by atoms with E-state index in [0.29, 0.717) is 0 Å². The van der Waals surface area contributed by atoms with Crippen LogP contribution < -0.4 is 0 Å². The molecule has 1 heterocycles. The van der Waals surface area contributed by atoms with Crippen molar-refractivity contribution < 1.29 is 26.2 Å². The van der Waals surface area contributed by atoms with Crippen LogP contribution in [0.2, 0.25) is 5.79 Å². The van der Waals surface area contributed by atoms with Gasteiger partial charge in [-0.05, 0) is 12.1 Å². The van der Waals surface area contributed by atoms with E-state index in [-0.39, 0.29) is 5.69 Å². The molecule has 3 nitrogen and oxygen atoms in total. The molecule has 59 valence electrons. The van der Waals surface area contributed by atoms with Crippen LogP contribution >= 0.6 is 0 Å². The van der Waals surface area contributed by atoms with Gasteiger partial charge < -0.3 is 5.11 Å². The van der Waals surface area contributed by atoms with Gasteiger partial charge in [0, 0.05) is 6.20 Å². The molecular weight excluding hydrogens is 182 g/mol. The van der Waals surface area contributed by atoms with Gasteiger partial charge in [-0.15, -0.1) is 0 Å². The van der Waals surface area contributed by atoms with Gasteiger partial charge >= 0.3 is 28.0 Å². The number of aromatic nitrogens is 1. The molecule has 0 amide bonds. The first-order valence-electron chi connectivity index (χ1n) is 2.86. The average Bonchev–Trinajstić information content (AvgIpc) is 2.10. The third-order valence-electron chi connectivity index (χ3n) is 0.884. The molecule has 0 unspecified atom stereocenters. The zero-order valence-electron chi connectivity index (χ0n) is 6.02. The SMILES string of the molecule is O=C(O)c1ccccn1.[CH3][Cr]. The van der Waals surface area contributed by atoms with Crippen LogP contribution in [0.4, 0.5) is 0 Å². The van der Waals surface area contributed by atoms with E-state index in [4.69, 9.17) is 5.11 Å². The fourth-order valence-corrected chi connectivity index (χ4v) is 0.489. The zero-order chi connectivity index (χ0) is 8.69. The van der Waals surface area contributed by atoms with Gasteiger partial charge in [0.2, 0.25) is 0 Å². The fourth-order valence-electron chi connectivity index (χ4n) is 0.489. The molecular formula is C7H8CrNO2. The summed E-state index contributed by atoms with van der Waals surface area (Å²) < 4.78 is 0. The van der Waals surface area contributed by atoms with E-state index >= 15 is 0 Å². The second-order valence-corrected chi connectivity index (χ2v) is 1.52. The third kappa shape index (κ3) is 3.76. The first-order valence-corrected chi connectivity index (χ1v) is 4.13. The van der Waals surface area contributed by atoms with Crippen LogP contribution in [0.5, 0.6) is 0 Å². The molecule has 0 bridgehead atoms. The summed E-state index contributed by atoms with van der Waals surface area (Å²) in [5.74, 6) is 0.885. The summed E-state index contributed by atoms with van der Waals surface area (Å²) in [6.45, 7) is 0. The van der Waals surface area contributed by atoms with Crippen molar-refractivity contribution in [3.05, 3.63) is 30.1 Å². The number of carbonyl (C=O) groups is 1. The molecule has 0 saturated carbocycles. The summed E-state index contributed by atoms with van der Waals surface area (Å²) in [5, 5.41) is 8.32. The normalized spacial score (nSPS) is 7.73. The van der Waals surface area contributed by atoms with E-state index in [1.807, 2.05) is 5.79 Å². The Morgan fingerprint density at radius 2 is 2.18 bits per heavy atom. The number of aromatic carboxylic acids is 1. The van der Waals surface area contributed by atoms with Crippen molar-refractivity contribution >= 4 is 5.97 Å². The molecule has 0 aliphatic rings. The Morgan fingerprint density at radius 3 is 2.45 bits per heavy atom. The Labute approximate surface area is 73.5 Å². The number of pyridine rings is 1. The van der Waals surface area contributed by atoms with E-state index in [2.05, 4.69) is 21.3 Å². The number of carboxylic acids is 1. The Kier molecular flexibility index (Phi) is 5.45. The summed E-state index contributed by atoms with van der Waals surface area (Å²) in [5.41, 5.74) is 0.0810. The van der Waals surface area contributed by atoms with Gasteiger partial charge in [-0.3, -0.25) is 0 Å². The van der Waals surface area contributed by atoms with Gasteiger partial charge in [0.25, 0.3) is 0 Å². The topological polar surface area (TPSA) is 50.2 Å². The number of rotatable bonds is 1. The van der Waals surface area contributed by atoms with Gasteiger partial charge in [0.1, 0.15) is 5.69 Å². The monoisotopic (exact) mass is 190 g/mol. The number of carboxylic acid groups (broad SMARTS) is 1. The van der Waals surface area contributed by atoms with Crippen molar-refractivity contribution in [3.8, 4) is 0 Å². The minimum absolute atomic E-state index is 0.0810. The molecule has 0 atom stereocenters. The molecule has 1 aromatic rings. The molecule has 1 rings (SSSR count). The van der Waals surface area contributed by atoms with Gasteiger partial charge in [-0.2, -0.15) is 0 Å². The molecule has 11 heavy (non-hydrogen) atoms. The molecule has 0 radical (unpaired) electrons. The molecule has 0 aliphatic heterocycles. The van der Waals surface area contributed by atoms with Crippen LogP contribution in [0.15, 0.2) is 24.4 Å². The van der Waals surface area contributed by atoms with E-state index in [1.165, 1.54) is 12.3 Å². The van der Waals surface area contributed by atoms with Crippen molar-refractivity contribution in [1.82, 2.24) is 4.98 Å². The van der Waals surface area contributed by atoms with Gasteiger partial charge in [-0.25, -0.2) is 9.78 Å².